The van der Waals surface area contributed by atoms with E-state index in [0.29, 0.717) is 44.6 Å². The van der Waals surface area contributed by atoms with Crippen LogP contribution in [0.25, 0.3) is 0 Å². The van der Waals surface area contributed by atoms with Crippen LogP contribution in [0.3, 0.4) is 0 Å². The molecule has 9 heteroatoms. The van der Waals surface area contributed by atoms with Gasteiger partial charge in [-0.05, 0) is 49.9 Å². The SMILES string of the molecule is CCCCCCC[C@@H](O)CCC.CCCCCCC[C@@H](O)CCOC[C@H]1COC(c2ccccc2)=N1.OC[C@H]1COC(c2ccccc2)=N1.[H-].[Na+]. The Morgan fingerprint density at radius 1 is 0.640 bits per heavy atom. The topological polar surface area (TPSA) is 113 Å². The molecule has 2 aliphatic heterocycles. The molecule has 2 aromatic rings. The van der Waals surface area contributed by atoms with Crippen molar-refractivity contribution in [3.63, 3.8) is 0 Å². The molecule has 4 rings (SSSR count). The van der Waals surface area contributed by atoms with Gasteiger partial charge < -0.3 is 31.0 Å². The number of nitrogens with zero attached hydrogens (tertiary/aromatic N) is 2. The van der Waals surface area contributed by atoms with Crippen LogP contribution in [0.2, 0.25) is 0 Å². The number of aliphatic hydroxyl groups excluding tert-OH is 3. The van der Waals surface area contributed by atoms with E-state index in [1.54, 1.807) is 0 Å². The number of rotatable bonds is 22. The van der Waals surface area contributed by atoms with Crippen molar-refractivity contribution < 1.29 is 60.5 Å². The zero-order valence-corrected chi connectivity index (χ0v) is 33.7. The number of hydrogen-bond acceptors (Lipinski definition) is 8. The zero-order chi connectivity index (χ0) is 35.4. The fraction of sp³-hybridized carbons (Fsp3) is 0.659. The average Bonchev–Trinajstić information content (AvgIpc) is 3.82. The van der Waals surface area contributed by atoms with E-state index in [-0.39, 0.29) is 61.9 Å². The minimum Gasteiger partial charge on any atom is -1.00 e. The van der Waals surface area contributed by atoms with Crippen LogP contribution >= 0.6 is 0 Å². The van der Waals surface area contributed by atoms with Gasteiger partial charge in [-0.3, -0.25) is 0 Å². The molecule has 0 unspecified atom stereocenters. The van der Waals surface area contributed by atoms with Crippen molar-refractivity contribution in [1.82, 2.24) is 0 Å². The van der Waals surface area contributed by atoms with Gasteiger partial charge in [0.05, 0.1) is 25.4 Å². The van der Waals surface area contributed by atoms with E-state index in [9.17, 15) is 10.2 Å². The summed E-state index contributed by atoms with van der Waals surface area (Å²) in [7, 11) is 0. The Balaban J connectivity index is 0.000000788. The molecule has 0 saturated heterocycles. The first-order valence-corrected chi connectivity index (χ1v) is 19.1. The summed E-state index contributed by atoms with van der Waals surface area (Å²) in [6.45, 7) is 8.82. The zero-order valence-electron chi connectivity index (χ0n) is 32.7. The summed E-state index contributed by atoms with van der Waals surface area (Å²) in [5.41, 5.74) is 1.98. The quantitative estimate of drug-likeness (QED) is 0.112. The van der Waals surface area contributed by atoms with Gasteiger partial charge in [0.15, 0.2) is 0 Å². The van der Waals surface area contributed by atoms with Gasteiger partial charge in [0, 0.05) is 17.7 Å². The van der Waals surface area contributed by atoms with E-state index < -0.39 is 0 Å². The Morgan fingerprint density at radius 2 is 1.10 bits per heavy atom. The van der Waals surface area contributed by atoms with Gasteiger partial charge in [-0.25, -0.2) is 9.98 Å². The van der Waals surface area contributed by atoms with Crippen LogP contribution in [0, 0.1) is 0 Å². The van der Waals surface area contributed by atoms with Crippen LogP contribution in [0.1, 0.15) is 130 Å². The van der Waals surface area contributed by atoms with E-state index in [1.165, 1.54) is 57.8 Å². The molecule has 0 fully saturated rings. The van der Waals surface area contributed by atoms with Crippen molar-refractivity contribution in [3.8, 4) is 0 Å². The average molecular weight is 707 g/mol. The van der Waals surface area contributed by atoms with Gasteiger partial charge in [0.25, 0.3) is 0 Å². The van der Waals surface area contributed by atoms with Crippen molar-refractivity contribution in [2.75, 3.05) is 33.0 Å². The van der Waals surface area contributed by atoms with Crippen LogP contribution in [0.15, 0.2) is 70.6 Å². The molecule has 8 nitrogen and oxygen atoms in total. The summed E-state index contributed by atoms with van der Waals surface area (Å²) in [6.07, 6.45) is 17.1. The maximum absolute atomic E-state index is 9.96. The number of aliphatic hydroxyl groups is 3. The van der Waals surface area contributed by atoms with Gasteiger partial charge in [0.2, 0.25) is 11.8 Å². The summed E-state index contributed by atoms with van der Waals surface area (Å²) in [4.78, 5) is 8.78. The van der Waals surface area contributed by atoms with Crippen LogP contribution in [-0.4, -0.2) is 84.4 Å². The minimum atomic E-state index is -0.241. The summed E-state index contributed by atoms with van der Waals surface area (Å²) >= 11 is 0. The Bertz CT molecular complexity index is 1130. The normalized spacial score (nSPS) is 17.4. The molecule has 0 aromatic heterocycles. The number of unbranched alkanes of at least 4 members (excludes halogenated alkanes) is 8. The van der Waals surface area contributed by atoms with E-state index in [1.807, 2.05) is 60.7 Å². The first-order chi connectivity index (χ1) is 24.0. The molecule has 2 heterocycles. The molecular weight excluding hydrogens is 639 g/mol. The minimum absolute atomic E-state index is 0. The Morgan fingerprint density at radius 3 is 1.56 bits per heavy atom. The van der Waals surface area contributed by atoms with Crippen molar-refractivity contribution in [1.29, 1.82) is 0 Å². The number of hydrogen-bond donors (Lipinski definition) is 3. The van der Waals surface area contributed by atoms with Gasteiger partial charge in [-0.2, -0.15) is 0 Å². The van der Waals surface area contributed by atoms with Crippen LogP contribution in [0.5, 0.6) is 0 Å². The fourth-order valence-corrected chi connectivity index (χ4v) is 5.51. The van der Waals surface area contributed by atoms with E-state index in [0.717, 1.165) is 43.2 Å². The van der Waals surface area contributed by atoms with Crippen LogP contribution < -0.4 is 29.6 Å². The molecule has 2 aliphatic rings. The molecule has 2 aromatic carbocycles. The summed E-state index contributed by atoms with van der Waals surface area (Å²) in [5, 5.41) is 28.2. The smallest absolute Gasteiger partial charge is 1.00 e. The van der Waals surface area contributed by atoms with Crippen molar-refractivity contribution >= 4 is 11.8 Å². The van der Waals surface area contributed by atoms with Gasteiger partial charge >= 0.3 is 29.6 Å². The molecule has 278 valence electrons. The Hall–Kier alpha value is -1.78. The second kappa shape index (κ2) is 30.8. The third-order valence-corrected chi connectivity index (χ3v) is 8.49. The molecular formula is C41H67N2NaO6. The third kappa shape index (κ3) is 21.6. The first-order valence-electron chi connectivity index (χ1n) is 19.1. The number of ether oxygens (including phenoxy) is 3. The first kappa shape index (κ1) is 46.2. The van der Waals surface area contributed by atoms with E-state index >= 15 is 0 Å². The predicted octanol–water partition coefficient (Wildman–Crippen LogP) is 5.41. The Kier molecular flexibility index (Phi) is 28.5. The second-order valence-electron chi connectivity index (χ2n) is 13.1. The monoisotopic (exact) mass is 706 g/mol. The second-order valence-corrected chi connectivity index (χ2v) is 13.1. The molecule has 4 atom stereocenters. The van der Waals surface area contributed by atoms with E-state index in [4.69, 9.17) is 19.3 Å². The predicted molar refractivity (Wildman–Crippen MR) is 203 cm³/mol. The molecule has 0 amide bonds. The van der Waals surface area contributed by atoms with Gasteiger partial charge in [0.1, 0.15) is 25.3 Å². The summed E-state index contributed by atoms with van der Waals surface area (Å²) in [5.74, 6) is 1.34. The molecule has 3 N–H and O–H groups in total. The van der Waals surface area contributed by atoms with E-state index in [2.05, 4.69) is 30.8 Å². The largest absolute Gasteiger partial charge is 1.00 e. The summed E-state index contributed by atoms with van der Waals surface area (Å²) in [6, 6.07) is 19.6. The molecule has 0 radical (unpaired) electrons. The maximum atomic E-state index is 9.96. The van der Waals surface area contributed by atoms with Crippen molar-refractivity contribution in [2.24, 2.45) is 9.98 Å². The molecule has 0 spiro atoms. The van der Waals surface area contributed by atoms with Gasteiger partial charge in [-0.15, -0.1) is 0 Å². The fourth-order valence-electron chi connectivity index (χ4n) is 5.51. The third-order valence-electron chi connectivity index (χ3n) is 8.49. The van der Waals surface area contributed by atoms with Crippen molar-refractivity contribution in [3.05, 3.63) is 71.8 Å². The van der Waals surface area contributed by atoms with Crippen LogP contribution in [0.4, 0.5) is 0 Å². The van der Waals surface area contributed by atoms with Crippen LogP contribution in [-0.2, 0) is 14.2 Å². The Labute approximate surface area is 326 Å². The maximum Gasteiger partial charge on any atom is 1.00 e. The van der Waals surface area contributed by atoms with Gasteiger partial charge in [-0.1, -0.05) is 128 Å². The summed E-state index contributed by atoms with van der Waals surface area (Å²) < 4.78 is 16.6. The molecule has 50 heavy (non-hydrogen) atoms. The van der Waals surface area contributed by atoms with Crippen molar-refractivity contribution in [2.45, 2.75) is 141 Å². The number of aliphatic imine (C=N–C) groups is 2. The molecule has 0 aliphatic carbocycles. The standard InChI is InChI=1S/C20H31NO3.C11H24O.C10H11NO2.Na.H/c1-2-3-4-5-9-12-19(22)13-14-23-15-18-16-24-20(21-18)17-10-7-6-8-11-17;1-3-5-6-7-8-10-11(12)9-4-2;12-6-9-7-13-10(11-9)8-4-2-1-3-5-8;;/h6-8,10-11,18-19,22H,2-5,9,12-16H2,1H3;11-12H,3-10H2,1-2H3;1-5,9,12H,6-7H2;;/q;;;+1;-1/t18-,19+;11-;9-;;/m000../s1. The number of benzene rings is 2. The molecule has 0 bridgehead atoms. The molecule has 0 saturated carbocycles.